The highest BCUT2D eigenvalue weighted by molar-refractivity contribution is 6.19. The molecule has 0 spiro atoms. The van der Waals surface area contributed by atoms with E-state index >= 15 is 0 Å². The average Bonchev–Trinajstić information content (AvgIpc) is 3.80. The third kappa shape index (κ3) is 5.13. The van der Waals surface area contributed by atoms with Crippen molar-refractivity contribution in [3.8, 4) is 22.5 Å². The fourth-order valence-corrected chi connectivity index (χ4v) is 8.73. The van der Waals surface area contributed by atoms with Gasteiger partial charge in [-0.25, -0.2) is 4.99 Å². The van der Waals surface area contributed by atoms with Crippen LogP contribution < -0.4 is 5.32 Å². The van der Waals surface area contributed by atoms with Crippen molar-refractivity contribution in [3.05, 3.63) is 217 Å². The molecule has 11 rings (SSSR count). The van der Waals surface area contributed by atoms with Crippen LogP contribution >= 0.6 is 0 Å². The molecule has 0 amide bonds. The van der Waals surface area contributed by atoms with E-state index in [2.05, 4.69) is 209 Å². The number of para-hydroxylation sites is 4. The van der Waals surface area contributed by atoms with Crippen molar-refractivity contribution in [1.29, 1.82) is 0 Å². The van der Waals surface area contributed by atoms with Crippen molar-refractivity contribution in [2.24, 2.45) is 9.98 Å². The van der Waals surface area contributed by atoms with Crippen LogP contribution in [-0.2, 0) is 0 Å². The zero-order valence-corrected chi connectivity index (χ0v) is 30.5. The standard InChI is InChI=1S/C51H35N5/c1-5-18-34(19-6-1)49-52-50(35-20-7-2-8-21-35)54-51(53-49)48-39(32-33-45-47(48)41-27-14-16-30-43(41)56(45)37-24-11-4-12-25-37)38-28-17-31-44-46(38)40-26-13-15-29-42(40)55(44)36-22-9-3-10-23-36/h1-33,51H,(H,52,53,54)/p+1. The maximum Gasteiger partial charge on any atom is 0.235 e. The summed E-state index contributed by atoms with van der Waals surface area (Å²) in [4.78, 5) is 10.8. The number of amidine groups is 2. The van der Waals surface area contributed by atoms with Crippen molar-refractivity contribution in [1.82, 2.24) is 9.13 Å². The molecule has 1 aliphatic heterocycles. The second-order valence-electron chi connectivity index (χ2n) is 14.3. The van der Waals surface area contributed by atoms with Gasteiger partial charge in [0.1, 0.15) is 0 Å². The Bertz CT molecular complexity index is 3140. The largest absolute Gasteiger partial charge is 0.309 e. The van der Waals surface area contributed by atoms with Crippen molar-refractivity contribution < 1.29 is 5.32 Å². The minimum atomic E-state index is -0.343. The molecule has 1 atom stereocenters. The number of nitrogens with two attached hydrogens (primary N) is 1. The molecule has 8 aromatic carbocycles. The first kappa shape index (κ1) is 32.1. The van der Waals surface area contributed by atoms with E-state index in [4.69, 9.17) is 9.98 Å². The lowest BCUT2D eigenvalue weighted by atomic mass is 9.90. The van der Waals surface area contributed by atoms with Gasteiger partial charge in [-0.15, -0.1) is 0 Å². The maximum atomic E-state index is 5.58. The molecule has 56 heavy (non-hydrogen) atoms. The predicted molar refractivity (Wildman–Crippen MR) is 231 cm³/mol. The van der Waals surface area contributed by atoms with Crippen LogP contribution in [0.25, 0.3) is 66.1 Å². The van der Waals surface area contributed by atoms with E-state index in [1.54, 1.807) is 0 Å². The Kier molecular flexibility index (Phi) is 7.57. The smallest absolute Gasteiger partial charge is 0.235 e. The Morgan fingerprint density at radius 2 is 0.893 bits per heavy atom. The molecular weight excluding hydrogens is 683 g/mol. The average molecular weight is 719 g/mol. The van der Waals surface area contributed by atoms with Gasteiger partial charge in [-0.1, -0.05) is 140 Å². The lowest BCUT2D eigenvalue weighted by Gasteiger charge is -2.23. The van der Waals surface area contributed by atoms with Gasteiger partial charge in [0.05, 0.1) is 33.2 Å². The van der Waals surface area contributed by atoms with Crippen LogP contribution in [0.1, 0.15) is 22.9 Å². The number of quaternary nitrogens is 1. The molecule has 3 heterocycles. The van der Waals surface area contributed by atoms with Crippen molar-refractivity contribution in [2.75, 3.05) is 0 Å². The Morgan fingerprint density at radius 1 is 0.393 bits per heavy atom. The third-order valence-corrected chi connectivity index (χ3v) is 11.1. The molecule has 0 saturated carbocycles. The molecule has 5 heteroatoms. The van der Waals surface area contributed by atoms with Crippen molar-refractivity contribution >= 4 is 55.3 Å². The fraction of sp³-hybridized carbons (Fsp3) is 0.0196. The minimum absolute atomic E-state index is 0.343. The Balaban J connectivity index is 1.27. The van der Waals surface area contributed by atoms with Gasteiger partial charge in [-0.2, -0.15) is 4.99 Å². The molecule has 1 aliphatic rings. The lowest BCUT2D eigenvalue weighted by molar-refractivity contribution is -0.586. The monoisotopic (exact) mass is 718 g/mol. The van der Waals surface area contributed by atoms with Crippen LogP contribution in [0.2, 0.25) is 0 Å². The van der Waals surface area contributed by atoms with Crippen LogP contribution in [0.15, 0.2) is 210 Å². The fourth-order valence-electron chi connectivity index (χ4n) is 8.73. The summed E-state index contributed by atoms with van der Waals surface area (Å²) < 4.78 is 4.79. The van der Waals surface area contributed by atoms with Crippen LogP contribution in [0, 0.1) is 0 Å². The first-order valence-corrected chi connectivity index (χ1v) is 19.1. The van der Waals surface area contributed by atoms with Crippen molar-refractivity contribution in [2.45, 2.75) is 6.17 Å². The topological polar surface area (TPSA) is 51.2 Å². The number of fused-ring (bicyclic) bond motifs is 6. The highest BCUT2D eigenvalue weighted by Gasteiger charge is 2.32. The molecule has 1 unspecified atom stereocenters. The van der Waals surface area contributed by atoms with E-state index in [-0.39, 0.29) is 6.17 Å². The second-order valence-corrected chi connectivity index (χ2v) is 14.3. The van der Waals surface area contributed by atoms with Gasteiger partial charge in [0.25, 0.3) is 0 Å². The molecule has 5 nitrogen and oxygen atoms in total. The van der Waals surface area contributed by atoms with Gasteiger partial charge in [-0.05, 0) is 71.8 Å². The summed E-state index contributed by atoms with van der Waals surface area (Å²) in [6.07, 6.45) is -0.343. The van der Waals surface area contributed by atoms with E-state index in [9.17, 15) is 0 Å². The number of aromatic nitrogens is 2. The molecule has 0 aliphatic carbocycles. The normalized spacial score (nSPS) is 14.4. The molecule has 2 N–H and O–H groups in total. The summed E-state index contributed by atoms with van der Waals surface area (Å²) in [5.41, 5.74) is 12.5. The van der Waals surface area contributed by atoms with Gasteiger partial charge in [0.2, 0.25) is 12.0 Å². The zero-order chi connectivity index (χ0) is 37.0. The predicted octanol–water partition coefficient (Wildman–Crippen LogP) is 11.0. The number of aliphatic imine (C=N–C) groups is 2. The number of nitrogens with zero attached hydrogens (tertiary/aromatic N) is 4. The highest BCUT2D eigenvalue weighted by Crippen LogP contribution is 2.45. The van der Waals surface area contributed by atoms with Gasteiger partial charge in [-0.3, -0.25) is 5.32 Å². The number of hydrogen-bond donors (Lipinski definition) is 1. The molecule has 10 aromatic rings. The maximum absolute atomic E-state index is 5.58. The minimum Gasteiger partial charge on any atom is -0.309 e. The summed E-state index contributed by atoms with van der Waals surface area (Å²) >= 11 is 0. The summed E-state index contributed by atoms with van der Waals surface area (Å²) in [6, 6.07) is 71.2. The molecular formula is C51H36N5+. The van der Waals surface area contributed by atoms with Crippen molar-refractivity contribution in [3.63, 3.8) is 0 Å². The molecule has 2 aromatic heterocycles. The molecule has 0 fully saturated rings. The van der Waals surface area contributed by atoms with E-state index in [1.165, 1.54) is 38.1 Å². The van der Waals surface area contributed by atoms with Crippen LogP contribution in [0.5, 0.6) is 0 Å². The third-order valence-electron chi connectivity index (χ3n) is 11.1. The van der Waals surface area contributed by atoms with Crippen LogP contribution in [0.3, 0.4) is 0 Å². The summed E-state index contributed by atoms with van der Waals surface area (Å²) in [5, 5.41) is 7.09. The molecule has 0 saturated heterocycles. The quantitative estimate of drug-likeness (QED) is 0.178. The van der Waals surface area contributed by atoms with E-state index in [1.807, 2.05) is 6.07 Å². The van der Waals surface area contributed by atoms with E-state index in [0.717, 1.165) is 56.3 Å². The summed E-state index contributed by atoms with van der Waals surface area (Å²) in [7, 11) is 0. The first-order valence-electron chi connectivity index (χ1n) is 19.1. The number of rotatable bonds is 6. The van der Waals surface area contributed by atoms with Gasteiger partial charge in [0, 0.05) is 38.5 Å². The molecule has 264 valence electrons. The van der Waals surface area contributed by atoms with Crippen LogP contribution in [-0.4, -0.2) is 20.8 Å². The number of hydrogen-bond acceptors (Lipinski definition) is 2. The Hall–Kier alpha value is -7.34. The summed E-state index contributed by atoms with van der Waals surface area (Å²) in [5.74, 6) is 1.64. The van der Waals surface area contributed by atoms with E-state index < -0.39 is 0 Å². The zero-order valence-electron chi connectivity index (χ0n) is 30.5. The van der Waals surface area contributed by atoms with Gasteiger partial charge in [0.15, 0.2) is 5.84 Å². The number of benzene rings is 8. The summed E-state index contributed by atoms with van der Waals surface area (Å²) in [6.45, 7) is 0. The second kappa shape index (κ2) is 13.2. The lowest BCUT2D eigenvalue weighted by Crippen LogP contribution is -2.90. The first-order chi connectivity index (χ1) is 27.8. The highest BCUT2D eigenvalue weighted by atomic mass is 15.2. The van der Waals surface area contributed by atoms with Gasteiger partial charge < -0.3 is 9.13 Å². The molecule has 0 radical (unpaired) electrons. The van der Waals surface area contributed by atoms with Gasteiger partial charge >= 0.3 is 0 Å². The van der Waals surface area contributed by atoms with E-state index in [0.29, 0.717) is 0 Å². The SMILES string of the molecule is c1ccc(C2=NC(c3c(-c4cccc5c4c4ccccc4n5-c4ccccc4)ccc4c3c3ccccc3n4-c3ccccc3)[NH2+]C(c3ccccc3)=N2)cc1. The Labute approximate surface area is 324 Å². The van der Waals surface area contributed by atoms with Crippen LogP contribution in [0.4, 0.5) is 0 Å². The molecule has 0 bridgehead atoms. The Morgan fingerprint density at radius 3 is 1.52 bits per heavy atom.